The maximum absolute atomic E-state index is 14.2. The van der Waals surface area contributed by atoms with E-state index in [1.807, 2.05) is 0 Å². The van der Waals surface area contributed by atoms with Gasteiger partial charge in [0.2, 0.25) is 0 Å². The van der Waals surface area contributed by atoms with Crippen molar-refractivity contribution in [3.8, 4) is 23.0 Å². The Kier molecular flexibility index (Phi) is 7.71. The van der Waals surface area contributed by atoms with E-state index < -0.39 is 50.5 Å². The van der Waals surface area contributed by atoms with Gasteiger partial charge in [0, 0.05) is 57.1 Å². The zero-order chi connectivity index (χ0) is 36.0. The summed E-state index contributed by atoms with van der Waals surface area (Å²) in [6, 6.07) is 6.65. The van der Waals surface area contributed by atoms with Gasteiger partial charge in [0.25, 0.3) is 17.4 Å². The van der Waals surface area contributed by atoms with Crippen molar-refractivity contribution in [1.29, 1.82) is 0 Å². The van der Waals surface area contributed by atoms with E-state index in [1.54, 1.807) is 25.3 Å². The van der Waals surface area contributed by atoms with E-state index >= 15 is 0 Å². The fourth-order valence-corrected chi connectivity index (χ4v) is 8.56. The summed E-state index contributed by atoms with van der Waals surface area (Å²) in [5.41, 5.74) is -0.171. The summed E-state index contributed by atoms with van der Waals surface area (Å²) >= 11 is 14.3. The number of ether oxygens (including phenoxy) is 3. The summed E-state index contributed by atoms with van der Waals surface area (Å²) < 4.78 is 20.9. The second-order valence-electron chi connectivity index (χ2n) is 12.5. The van der Waals surface area contributed by atoms with E-state index in [0.29, 0.717) is 33.9 Å². The number of alkyl halides is 2. The highest BCUT2D eigenvalue weighted by Gasteiger charge is 2.75. The minimum absolute atomic E-state index is 0.0661. The summed E-state index contributed by atoms with van der Waals surface area (Å²) in [6.07, 6.45) is 1.29. The third kappa shape index (κ3) is 4.35. The topological polar surface area (TPSA) is 169 Å². The Hall–Kier alpha value is -5.02. The van der Waals surface area contributed by atoms with Gasteiger partial charge in [0.15, 0.2) is 21.2 Å². The number of nitrogens with zero attached hydrogens (tertiary/aromatic N) is 6. The monoisotopic (exact) mass is 726 g/mol. The van der Waals surface area contributed by atoms with E-state index in [9.17, 15) is 29.1 Å². The maximum atomic E-state index is 14.2. The van der Waals surface area contributed by atoms with Crippen molar-refractivity contribution in [2.45, 2.75) is 47.6 Å². The lowest BCUT2D eigenvalue weighted by Crippen LogP contribution is -2.59. The number of allylic oxidation sites excluding steroid dienone is 2. The molecule has 2 aliphatic heterocycles. The molecule has 50 heavy (non-hydrogen) atoms. The Balaban J connectivity index is 1.32. The molecule has 1 N–H and O–H groups in total. The first kappa shape index (κ1) is 33.5. The first-order valence-electron chi connectivity index (χ1n) is 15.5. The van der Waals surface area contributed by atoms with Crippen LogP contribution in [0.3, 0.4) is 0 Å². The maximum Gasteiger partial charge on any atom is 0.347 e. The van der Waals surface area contributed by atoms with Gasteiger partial charge < -0.3 is 23.9 Å². The van der Waals surface area contributed by atoms with Gasteiger partial charge in [-0.3, -0.25) is 19.3 Å². The molecule has 3 aliphatic rings. The van der Waals surface area contributed by atoms with Gasteiger partial charge >= 0.3 is 11.4 Å². The molecule has 2 aromatic heterocycles. The minimum atomic E-state index is -2.09. The van der Waals surface area contributed by atoms with Crippen LogP contribution in [0.2, 0.25) is 0 Å². The van der Waals surface area contributed by atoms with Crippen LogP contribution in [-0.2, 0) is 36.1 Å². The second kappa shape index (κ2) is 11.5. The van der Waals surface area contributed by atoms with Crippen molar-refractivity contribution in [3.05, 3.63) is 84.6 Å². The number of rotatable bonds is 7. The number of halogens is 2. The molecule has 1 saturated heterocycles. The molecule has 0 unspecified atom stereocenters. The molecule has 4 aromatic rings. The average Bonchev–Trinajstić information content (AvgIpc) is 3.43. The number of benzene rings is 2. The highest BCUT2D eigenvalue weighted by molar-refractivity contribution is 6.53. The Labute approximate surface area is 293 Å². The Morgan fingerprint density at radius 1 is 0.940 bits per heavy atom. The van der Waals surface area contributed by atoms with Crippen molar-refractivity contribution in [3.63, 3.8) is 0 Å². The molecule has 1 saturated carbocycles. The van der Waals surface area contributed by atoms with Crippen LogP contribution in [0.25, 0.3) is 11.0 Å². The number of carbonyl (C=O) groups excluding carboxylic acids is 2. The molecule has 0 radical (unpaired) electrons. The number of amides is 2. The molecule has 1 aliphatic carbocycles. The smallest absolute Gasteiger partial charge is 0.347 e. The van der Waals surface area contributed by atoms with Crippen molar-refractivity contribution < 1.29 is 28.9 Å². The normalized spacial score (nSPS) is 24.1. The second-order valence-corrected chi connectivity index (χ2v) is 13.7. The number of phenolic OH excluding ortho intramolecular Hbond substituents is 1. The average molecular weight is 728 g/mol. The van der Waals surface area contributed by atoms with Gasteiger partial charge in [-0.15, -0.1) is 23.2 Å². The predicted octanol–water partition coefficient (Wildman–Crippen LogP) is 1.65. The van der Waals surface area contributed by atoms with E-state index in [1.165, 1.54) is 60.5 Å². The minimum Gasteiger partial charge on any atom is -0.508 e. The molecule has 7 rings (SSSR count). The van der Waals surface area contributed by atoms with Crippen LogP contribution in [0.5, 0.6) is 23.0 Å². The molecule has 15 nitrogen and oxygen atoms in total. The molecule has 4 atom stereocenters. The molecule has 4 heterocycles. The molecule has 262 valence electrons. The van der Waals surface area contributed by atoms with Crippen LogP contribution >= 0.6 is 23.2 Å². The van der Waals surface area contributed by atoms with Crippen molar-refractivity contribution in [1.82, 2.24) is 28.4 Å². The zero-order valence-corrected chi connectivity index (χ0v) is 29.1. The molecule has 2 amide bonds. The van der Waals surface area contributed by atoms with Gasteiger partial charge in [0.1, 0.15) is 17.2 Å². The molecule has 17 heteroatoms. The lowest BCUT2D eigenvalue weighted by Gasteiger charge is -2.49. The van der Waals surface area contributed by atoms with Gasteiger partial charge in [-0.1, -0.05) is 6.08 Å². The number of aromatic hydroxyl groups is 1. The molecule has 0 bridgehead atoms. The zero-order valence-electron chi connectivity index (χ0n) is 27.6. The van der Waals surface area contributed by atoms with E-state index in [0.717, 1.165) is 9.47 Å². The van der Waals surface area contributed by atoms with Gasteiger partial charge in [-0.2, -0.15) is 0 Å². The van der Waals surface area contributed by atoms with Gasteiger partial charge in [-0.25, -0.2) is 28.5 Å². The highest BCUT2D eigenvalue weighted by Crippen LogP contribution is 2.64. The predicted molar refractivity (Wildman–Crippen MR) is 181 cm³/mol. The van der Waals surface area contributed by atoms with E-state index in [-0.39, 0.29) is 42.9 Å². The van der Waals surface area contributed by atoms with Gasteiger partial charge in [-0.05, 0) is 23.8 Å². The number of likely N-dealkylation sites (tertiary alicyclic amines) is 1. The highest BCUT2D eigenvalue weighted by atomic mass is 35.5. The number of aryl methyl sites for hydroxylation is 2. The van der Waals surface area contributed by atoms with E-state index in [4.69, 9.17) is 37.4 Å². The number of fused-ring (bicyclic) bond motifs is 5. The van der Waals surface area contributed by atoms with E-state index in [2.05, 4.69) is 4.98 Å². The van der Waals surface area contributed by atoms with Crippen LogP contribution < -0.4 is 31.1 Å². The van der Waals surface area contributed by atoms with Crippen molar-refractivity contribution in [2.24, 2.45) is 7.05 Å². The Bertz CT molecular complexity index is 2360. The van der Waals surface area contributed by atoms with Gasteiger partial charge in [0.05, 0.1) is 44.9 Å². The number of aromatic nitrogens is 5. The first-order chi connectivity index (χ1) is 23.7. The number of hydrogen-bond acceptors (Lipinski definition) is 10. The van der Waals surface area contributed by atoms with Crippen LogP contribution in [0, 0.1) is 0 Å². The number of carbonyl (C=O) groups is 2. The van der Waals surface area contributed by atoms with Crippen LogP contribution in [0.4, 0.5) is 0 Å². The third-order valence-corrected chi connectivity index (χ3v) is 11.5. The van der Waals surface area contributed by atoms with Crippen molar-refractivity contribution in [2.75, 3.05) is 28.4 Å². The quantitative estimate of drug-likeness (QED) is 0.168. The summed E-state index contributed by atoms with van der Waals surface area (Å²) in [5, 5.41) is 11.1. The summed E-state index contributed by atoms with van der Waals surface area (Å²) in [6.45, 7) is -0.286. The van der Waals surface area contributed by atoms with Crippen molar-refractivity contribution >= 4 is 46.0 Å². The number of hydrogen-bond donors (Lipinski definition) is 1. The lowest BCUT2D eigenvalue weighted by atomic mass is 9.64. The SMILES string of the molecule is COc1ccc(O)c([C@H]2C3=CCn4c(=O)n(CCc5nc6cc(OC)c(OC)cc6n(C)c5=O)c(=O)n4[C@@H]3C[C@@]3(Cl)C(=O)N(C)C(=O)[C@@]23Cl)c1. The third-order valence-electron chi connectivity index (χ3n) is 10.1. The first-order valence-corrected chi connectivity index (χ1v) is 16.3. The summed E-state index contributed by atoms with van der Waals surface area (Å²) in [4.78, 5) is 69.9. The van der Waals surface area contributed by atoms with Crippen LogP contribution in [0.15, 0.2) is 56.4 Å². The number of methoxy groups -OCH3 is 3. The standard InChI is InChI=1S/C33H32Cl2N6O9/c1-37-21-14-25(50-5)24(49-4)13-20(21)36-19(27(37)43)9-10-39-30(46)40-11-8-17-22(41(40)31(39)47)15-32(34)28(44)38(2)29(45)33(32,35)26(17)18-12-16(48-3)6-7-23(18)42/h6-8,12-14,22,26,42H,9-11,15H2,1-5H3/t22-,26-,32-,33+/m1/s1. The lowest BCUT2D eigenvalue weighted by molar-refractivity contribution is -0.137. The molecule has 0 spiro atoms. The Morgan fingerprint density at radius 2 is 1.64 bits per heavy atom. The molecular formula is C33H32Cl2N6O9. The fraction of sp³-hybridized carbons (Fsp3) is 0.394. The fourth-order valence-electron chi connectivity index (χ4n) is 7.57. The summed E-state index contributed by atoms with van der Waals surface area (Å²) in [7, 11) is 7.24. The number of phenols is 1. The van der Waals surface area contributed by atoms with Crippen LogP contribution in [0.1, 0.15) is 29.6 Å². The summed E-state index contributed by atoms with van der Waals surface area (Å²) in [5.74, 6) is -1.80. The Morgan fingerprint density at radius 3 is 2.32 bits per heavy atom. The molecular weight excluding hydrogens is 695 g/mol. The number of imide groups is 1. The van der Waals surface area contributed by atoms with Crippen LogP contribution in [-0.4, -0.2) is 83.4 Å². The molecule has 2 fully saturated rings. The molecule has 2 aromatic carbocycles. The largest absolute Gasteiger partial charge is 0.508 e.